The van der Waals surface area contributed by atoms with Gasteiger partial charge in [-0.05, 0) is 36.1 Å². The molecule has 1 amide bonds. The van der Waals surface area contributed by atoms with Gasteiger partial charge in [-0.2, -0.15) is 5.10 Å². The number of aromatic hydroxyl groups is 1. The maximum absolute atomic E-state index is 11.8. The van der Waals surface area contributed by atoms with E-state index < -0.39 is 22.3 Å². The Morgan fingerprint density at radius 1 is 1.39 bits per heavy atom. The molecule has 148 valence electrons. The number of carbonyl (C=O) groups excluding carboxylic acids is 1. The first-order chi connectivity index (χ1) is 13.3. The fraction of sp³-hybridized carbons (Fsp3) is 0.263. The number of amides is 1. The lowest BCUT2D eigenvalue weighted by atomic mass is 9.99. The van der Waals surface area contributed by atoms with E-state index in [4.69, 9.17) is 16.3 Å². The van der Waals surface area contributed by atoms with Gasteiger partial charge in [-0.3, -0.25) is 14.9 Å². The van der Waals surface area contributed by atoms with Crippen molar-refractivity contribution in [3.05, 3.63) is 62.7 Å². The SMILES string of the molecule is CC[C@H](C)c1ccc(OCC(=O)N/N=C/c2cc(Cl)cc([N+](=O)[O-])c2O)cc1. The zero-order valence-corrected chi connectivity index (χ0v) is 16.1. The molecule has 0 bridgehead atoms. The molecule has 2 rings (SSSR count). The number of hydrazone groups is 1. The third-order valence-electron chi connectivity index (χ3n) is 4.11. The summed E-state index contributed by atoms with van der Waals surface area (Å²) in [5, 5.41) is 24.4. The fourth-order valence-electron chi connectivity index (χ4n) is 2.33. The molecule has 0 unspecified atom stereocenters. The van der Waals surface area contributed by atoms with Crippen LogP contribution in [0.2, 0.25) is 5.02 Å². The highest BCUT2D eigenvalue weighted by Gasteiger charge is 2.17. The van der Waals surface area contributed by atoms with Crippen LogP contribution in [0, 0.1) is 10.1 Å². The Balaban J connectivity index is 1.91. The van der Waals surface area contributed by atoms with E-state index in [1.807, 2.05) is 12.1 Å². The minimum atomic E-state index is -0.766. The van der Waals surface area contributed by atoms with Crippen molar-refractivity contribution in [2.45, 2.75) is 26.2 Å². The van der Waals surface area contributed by atoms with Crippen molar-refractivity contribution in [3.8, 4) is 11.5 Å². The standard InChI is InChI=1S/C19H20ClN3O5/c1-3-12(2)13-4-6-16(7-5-13)28-11-18(24)22-21-10-14-8-15(20)9-17(19(14)25)23(26)27/h4-10,12,25H,3,11H2,1-2H3,(H,22,24)/b21-10+/t12-/m0/s1. The molecular weight excluding hydrogens is 386 g/mol. The lowest BCUT2D eigenvalue weighted by Gasteiger charge is -2.10. The van der Waals surface area contributed by atoms with E-state index >= 15 is 0 Å². The van der Waals surface area contributed by atoms with Crippen molar-refractivity contribution in [2.75, 3.05) is 6.61 Å². The molecule has 28 heavy (non-hydrogen) atoms. The molecule has 2 N–H and O–H groups in total. The average Bonchev–Trinajstić information content (AvgIpc) is 2.68. The molecule has 9 heteroatoms. The Labute approximate surface area is 166 Å². The number of phenols is 1. The molecule has 0 saturated carbocycles. The van der Waals surface area contributed by atoms with Crippen LogP contribution in [-0.2, 0) is 4.79 Å². The lowest BCUT2D eigenvalue weighted by Crippen LogP contribution is -2.24. The van der Waals surface area contributed by atoms with Crippen LogP contribution in [0.15, 0.2) is 41.5 Å². The molecule has 0 spiro atoms. The minimum Gasteiger partial charge on any atom is -0.502 e. The van der Waals surface area contributed by atoms with Crippen LogP contribution in [0.25, 0.3) is 0 Å². The van der Waals surface area contributed by atoms with Gasteiger partial charge in [-0.1, -0.05) is 37.6 Å². The second-order valence-corrected chi connectivity index (χ2v) is 6.52. The second kappa shape index (κ2) is 9.70. The van der Waals surface area contributed by atoms with E-state index in [9.17, 15) is 20.0 Å². The number of nitrogens with zero attached hydrogens (tertiary/aromatic N) is 2. The summed E-state index contributed by atoms with van der Waals surface area (Å²) >= 11 is 5.78. The number of benzene rings is 2. The molecule has 0 aliphatic rings. The van der Waals surface area contributed by atoms with Crippen LogP contribution in [0.3, 0.4) is 0 Å². The highest BCUT2D eigenvalue weighted by atomic mass is 35.5. The molecule has 0 fully saturated rings. The quantitative estimate of drug-likeness (QED) is 0.391. The van der Waals surface area contributed by atoms with E-state index in [2.05, 4.69) is 24.4 Å². The smallest absolute Gasteiger partial charge is 0.312 e. The molecule has 0 aliphatic carbocycles. The first kappa shape index (κ1) is 21.2. The van der Waals surface area contributed by atoms with Crippen molar-refractivity contribution in [1.29, 1.82) is 0 Å². The highest BCUT2D eigenvalue weighted by molar-refractivity contribution is 6.31. The summed E-state index contributed by atoms with van der Waals surface area (Å²) in [5.41, 5.74) is 2.86. The van der Waals surface area contributed by atoms with E-state index in [0.717, 1.165) is 18.7 Å². The number of nitro benzene ring substituents is 1. The molecule has 0 aliphatic heterocycles. The summed E-state index contributed by atoms with van der Waals surface area (Å²) in [4.78, 5) is 21.9. The van der Waals surface area contributed by atoms with Gasteiger partial charge in [0.15, 0.2) is 6.61 Å². The first-order valence-electron chi connectivity index (χ1n) is 8.53. The zero-order valence-electron chi connectivity index (χ0n) is 15.4. The van der Waals surface area contributed by atoms with E-state index in [0.29, 0.717) is 11.7 Å². The summed E-state index contributed by atoms with van der Waals surface area (Å²) in [5.74, 6) is -0.122. The Kier molecular flexibility index (Phi) is 7.34. The number of rotatable bonds is 8. The molecule has 2 aromatic rings. The van der Waals surface area contributed by atoms with Crippen molar-refractivity contribution < 1.29 is 19.6 Å². The number of carbonyl (C=O) groups is 1. The van der Waals surface area contributed by atoms with Crippen LogP contribution in [0.4, 0.5) is 5.69 Å². The van der Waals surface area contributed by atoms with Crippen LogP contribution in [0.5, 0.6) is 11.5 Å². The maximum atomic E-state index is 11.8. The normalized spacial score (nSPS) is 12.0. The van der Waals surface area contributed by atoms with Crippen LogP contribution in [-0.4, -0.2) is 28.8 Å². The van der Waals surface area contributed by atoms with Crippen molar-refractivity contribution in [3.63, 3.8) is 0 Å². The van der Waals surface area contributed by atoms with Crippen molar-refractivity contribution in [2.24, 2.45) is 5.10 Å². The molecule has 2 aromatic carbocycles. The van der Waals surface area contributed by atoms with E-state index in [-0.39, 0.29) is 17.2 Å². The lowest BCUT2D eigenvalue weighted by molar-refractivity contribution is -0.385. The summed E-state index contributed by atoms with van der Waals surface area (Å²) in [6, 6.07) is 9.80. The number of nitro groups is 1. The van der Waals surface area contributed by atoms with Crippen LogP contribution in [0.1, 0.15) is 37.3 Å². The molecule has 0 aromatic heterocycles. The topological polar surface area (TPSA) is 114 Å². The number of ether oxygens (including phenoxy) is 1. The Morgan fingerprint density at radius 2 is 2.07 bits per heavy atom. The minimum absolute atomic E-state index is 0.000973. The molecule has 1 atom stereocenters. The van der Waals surface area contributed by atoms with Crippen LogP contribution < -0.4 is 10.2 Å². The Hall–Kier alpha value is -3.13. The molecule has 0 heterocycles. The van der Waals surface area contributed by atoms with Crippen molar-refractivity contribution in [1.82, 2.24) is 5.43 Å². The van der Waals surface area contributed by atoms with Gasteiger partial charge in [0.2, 0.25) is 5.75 Å². The van der Waals surface area contributed by atoms with Gasteiger partial charge in [-0.25, -0.2) is 5.43 Å². The highest BCUT2D eigenvalue weighted by Crippen LogP contribution is 2.32. The first-order valence-corrected chi connectivity index (χ1v) is 8.91. The van der Waals surface area contributed by atoms with Gasteiger partial charge in [0.25, 0.3) is 5.91 Å². The monoisotopic (exact) mass is 405 g/mol. The van der Waals surface area contributed by atoms with Gasteiger partial charge in [0, 0.05) is 16.7 Å². The summed E-state index contributed by atoms with van der Waals surface area (Å²) in [6.45, 7) is 3.98. The Bertz CT molecular complexity index is 884. The number of nitrogens with one attached hydrogen (secondary N) is 1. The van der Waals surface area contributed by atoms with E-state index in [1.165, 1.54) is 11.6 Å². The maximum Gasteiger partial charge on any atom is 0.312 e. The van der Waals surface area contributed by atoms with E-state index in [1.54, 1.807) is 12.1 Å². The molecule has 0 saturated heterocycles. The van der Waals surface area contributed by atoms with Gasteiger partial charge >= 0.3 is 5.69 Å². The Morgan fingerprint density at radius 3 is 2.68 bits per heavy atom. The average molecular weight is 406 g/mol. The predicted octanol–water partition coefficient (Wildman–Crippen LogP) is 4.00. The zero-order chi connectivity index (χ0) is 20.7. The van der Waals surface area contributed by atoms with Crippen molar-refractivity contribution >= 4 is 29.4 Å². The second-order valence-electron chi connectivity index (χ2n) is 6.08. The summed E-state index contributed by atoms with van der Waals surface area (Å²) in [7, 11) is 0. The summed E-state index contributed by atoms with van der Waals surface area (Å²) in [6.07, 6.45) is 2.10. The number of phenolic OH excluding ortho intramolecular Hbond substituents is 1. The van der Waals surface area contributed by atoms with Gasteiger partial charge < -0.3 is 9.84 Å². The number of hydrogen-bond acceptors (Lipinski definition) is 6. The molecule has 0 radical (unpaired) electrons. The summed E-state index contributed by atoms with van der Waals surface area (Å²) < 4.78 is 5.39. The van der Waals surface area contributed by atoms with Gasteiger partial charge in [0.05, 0.1) is 11.1 Å². The van der Waals surface area contributed by atoms with Gasteiger partial charge in [0.1, 0.15) is 5.75 Å². The number of halogens is 1. The van der Waals surface area contributed by atoms with Crippen LogP contribution >= 0.6 is 11.6 Å². The molecule has 8 nitrogen and oxygen atoms in total. The predicted molar refractivity (Wildman–Crippen MR) is 106 cm³/mol. The number of hydrogen-bond donors (Lipinski definition) is 2. The third kappa shape index (κ3) is 5.68. The largest absolute Gasteiger partial charge is 0.502 e. The molecular formula is C19H20ClN3O5. The van der Waals surface area contributed by atoms with Gasteiger partial charge in [-0.15, -0.1) is 0 Å². The third-order valence-corrected chi connectivity index (χ3v) is 4.32. The fourth-order valence-corrected chi connectivity index (χ4v) is 2.55.